The maximum atomic E-state index is 12.4. The average Bonchev–Trinajstić information content (AvgIpc) is 2.80. The second-order valence-electron chi connectivity index (χ2n) is 4.35. The lowest BCUT2D eigenvalue weighted by molar-refractivity contribution is 0.0997. The molecule has 1 heterocycles. The summed E-state index contributed by atoms with van der Waals surface area (Å²) >= 11 is 3.34. The molecule has 2 rings (SSSR count). The topological polar surface area (TPSA) is 34.0 Å². The van der Waals surface area contributed by atoms with Crippen LogP contribution >= 0.6 is 15.9 Å². The Hall–Kier alpha value is -1.69. The van der Waals surface area contributed by atoms with E-state index in [1.807, 2.05) is 13.0 Å². The number of halogens is 3. The number of amides is 1. The van der Waals surface area contributed by atoms with Crippen LogP contribution in [-0.4, -0.2) is 16.9 Å². The number of carbonyl (C=O) groups excluding carboxylic acids is 1. The Balaban J connectivity index is 2.18. The van der Waals surface area contributed by atoms with Gasteiger partial charge in [-0.05, 0) is 42.8 Å². The number of anilines is 1. The fourth-order valence-electron chi connectivity index (χ4n) is 1.88. The third kappa shape index (κ3) is 3.45. The fourth-order valence-corrected chi connectivity index (χ4v) is 2.36. The zero-order valence-electron chi connectivity index (χ0n) is 10.7. The van der Waals surface area contributed by atoms with Crippen LogP contribution in [0.1, 0.15) is 16.1 Å². The summed E-state index contributed by atoms with van der Waals surface area (Å²) in [5.74, 6) is -0.402. The van der Waals surface area contributed by atoms with Crippen molar-refractivity contribution in [3.63, 3.8) is 0 Å². The van der Waals surface area contributed by atoms with Gasteiger partial charge in [0.25, 0.3) is 12.3 Å². The summed E-state index contributed by atoms with van der Waals surface area (Å²) in [7, 11) is 0. The van der Waals surface area contributed by atoms with Crippen LogP contribution in [0.25, 0.3) is 0 Å². The van der Waals surface area contributed by atoms with Crippen LogP contribution in [0.5, 0.6) is 0 Å². The van der Waals surface area contributed by atoms with E-state index >= 15 is 0 Å². The molecule has 0 unspecified atom stereocenters. The summed E-state index contributed by atoms with van der Waals surface area (Å²) in [6.07, 6.45) is -1.03. The number of nitrogens with zero attached hydrogens (tertiary/aromatic N) is 1. The van der Waals surface area contributed by atoms with E-state index in [0.29, 0.717) is 5.69 Å². The molecule has 0 spiro atoms. The molecule has 0 aliphatic carbocycles. The van der Waals surface area contributed by atoms with Gasteiger partial charge in [-0.1, -0.05) is 15.9 Å². The van der Waals surface area contributed by atoms with Crippen molar-refractivity contribution in [3.8, 4) is 0 Å². The summed E-state index contributed by atoms with van der Waals surface area (Å²) in [5, 5.41) is 2.73. The average molecular weight is 343 g/mol. The van der Waals surface area contributed by atoms with Gasteiger partial charge in [-0.25, -0.2) is 8.78 Å². The van der Waals surface area contributed by atoms with Gasteiger partial charge in [0.05, 0.1) is 6.54 Å². The lowest BCUT2D eigenvalue weighted by Crippen LogP contribution is -2.19. The van der Waals surface area contributed by atoms with Crippen molar-refractivity contribution in [2.75, 3.05) is 5.32 Å². The number of rotatable bonds is 4. The van der Waals surface area contributed by atoms with Gasteiger partial charge >= 0.3 is 0 Å². The Morgan fingerprint density at radius 1 is 1.40 bits per heavy atom. The van der Waals surface area contributed by atoms with Crippen LogP contribution in [-0.2, 0) is 6.54 Å². The van der Waals surface area contributed by atoms with Crippen molar-refractivity contribution in [2.24, 2.45) is 0 Å². The number of alkyl halides is 2. The van der Waals surface area contributed by atoms with E-state index in [4.69, 9.17) is 0 Å². The second kappa shape index (κ2) is 6.17. The van der Waals surface area contributed by atoms with Crippen molar-refractivity contribution < 1.29 is 13.6 Å². The molecule has 1 N–H and O–H groups in total. The number of hydrogen-bond donors (Lipinski definition) is 1. The predicted octanol–water partition coefficient (Wildman–Crippen LogP) is 4.08. The van der Waals surface area contributed by atoms with E-state index < -0.39 is 18.9 Å². The minimum atomic E-state index is -2.50. The van der Waals surface area contributed by atoms with Crippen LogP contribution in [0.2, 0.25) is 0 Å². The lowest BCUT2D eigenvalue weighted by atomic mass is 10.2. The van der Waals surface area contributed by atoms with Gasteiger partial charge in [0, 0.05) is 16.4 Å². The van der Waals surface area contributed by atoms with Gasteiger partial charge in [-0.2, -0.15) is 0 Å². The maximum absolute atomic E-state index is 12.4. The predicted molar refractivity (Wildman–Crippen MR) is 77.3 cm³/mol. The van der Waals surface area contributed by atoms with E-state index in [0.717, 1.165) is 10.0 Å². The highest BCUT2D eigenvalue weighted by atomic mass is 79.9. The van der Waals surface area contributed by atoms with Crippen molar-refractivity contribution >= 4 is 27.5 Å². The monoisotopic (exact) mass is 342 g/mol. The lowest BCUT2D eigenvalue weighted by Gasteiger charge is -2.11. The number of aromatic nitrogens is 1. The highest BCUT2D eigenvalue weighted by Gasteiger charge is 2.14. The number of aryl methyl sites for hydroxylation is 1. The van der Waals surface area contributed by atoms with Crippen LogP contribution in [0.3, 0.4) is 0 Å². The Morgan fingerprint density at radius 3 is 2.80 bits per heavy atom. The van der Waals surface area contributed by atoms with E-state index in [9.17, 15) is 13.6 Å². The molecule has 1 aromatic carbocycles. The Labute approximate surface area is 123 Å². The first-order chi connectivity index (χ1) is 9.47. The van der Waals surface area contributed by atoms with Crippen LogP contribution in [0.15, 0.2) is 41.0 Å². The summed E-state index contributed by atoms with van der Waals surface area (Å²) in [4.78, 5) is 12.1. The van der Waals surface area contributed by atoms with E-state index in [-0.39, 0.29) is 5.69 Å². The largest absolute Gasteiger partial charge is 0.338 e. The van der Waals surface area contributed by atoms with Gasteiger partial charge in [0.15, 0.2) is 0 Å². The molecule has 0 fully saturated rings. The van der Waals surface area contributed by atoms with Crippen molar-refractivity contribution in [1.29, 1.82) is 0 Å². The normalized spacial score (nSPS) is 10.8. The van der Waals surface area contributed by atoms with Crippen molar-refractivity contribution in [1.82, 2.24) is 4.57 Å². The zero-order valence-corrected chi connectivity index (χ0v) is 12.3. The molecular weight excluding hydrogens is 330 g/mol. The van der Waals surface area contributed by atoms with Crippen LogP contribution < -0.4 is 5.32 Å². The Kier molecular flexibility index (Phi) is 4.54. The molecule has 0 aliphatic rings. The standard InChI is InChI=1S/C14H13BrF2N2O/c1-9-7-10(15)4-5-11(9)18-14(20)12-3-2-6-19(12)8-13(16)17/h2-7,13H,8H2,1H3,(H,18,20). The number of nitrogens with one attached hydrogen (secondary N) is 1. The fraction of sp³-hybridized carbons (Fsp3) is 0.214. The molecule has 2 aromatic rings. The first-order valence-electron chi connectivity index (χ1n) is 5.98. The second-order valence-corrected chi connectivity index (χ2v) is 5.27. The van der Waals surface area contributed by atoms with Gasteiger partial charge < -0.3 is 9.88 Å². The van der Waals surface area contributed by atoms with Gasteiger partial charge in [-0.3, -0.25) is 4.79 Å². The molecule has 0 saturated heterocycles. The SMILES string of the molecule is Cc1cc(Br)ccc1NC(=O)c1cccn1CC(F)F. The molecule has 0 saturated carbocycles. The highest BCUT2D eigenvalue weighted by Crippen LogP contribution is 2.21. The van der Waals surface area contributed by atoms with E-state index in [1.165, 1.54) is 16.8 Å². The first kappa shape index (κ1) is 14.7. The zero-order chi connectivity index (χ0) is 14.7. The Morgan fingerprint density at radius 2 is 2.15 bits per heavy atom. The smallest absolute Gasteiger partial charge is 0.272 e. The van der Waals surface area contributed by atoms with Gasteiger partial charge in [0.2, 0.25) is 0 Å². The summed E-state index contributed by atoms with van der Waals surface area (Å²) in [6.45, 7) is 1.37. The molecule has 0 radical (unpaired) electrons. The van der Waals surface area contributed by atoms with Crippen molar-refractivity contribution in [3.05, 3.63) is 52.3 Å². The van der Waals surface area contributed by atoms with E-state index in [2.05, 4.69) is 21.2 Å². The number of benzene rings is 1. The van der Waals surface area contributed by atoms with Gasteiger partial charge in [-0.15, -0.1) is 0 Å². The Bertz CT molecular complexity index is 625. The third-order valence-corrected chi connectivity index (χ3v) is 3.33. The minimum Gasteiger partial charge on any atom is -0.338 e. The first-order valence-corrected chi connectivity index (χ1v) is 6.77. The van der Waals surface area contributed by atoms with Gasteiger partial charge in [0.1, 0.15) is 5.69 Å². The van der Waals surface area contributed by atoms with Crippen LogP contribution in [0, 0.1) is 6.92 Å². The molecule has 6 heteroatoms. The molecule has 3 nitrogen and oxygen atoms in total. The van der Waals surface area contributed by atoms with Crippen molar-refractivity contribution in [2.45, 2.75) is 19.9 Å². The minimum absolute atomic E-state index is 0.215. The molecule has 1 amide bonds. The third-order valence-electron chi connectivity index (χ3n) is 2.83. The molecule has 0 bridgehead atoms. The summed E-state index contributed by atoms with van der Waals surface area (Å²) < 4.78 is 27.0. The molecule has 0 aliphatic heterocycles. The number of hydrogen-bond acceptors (Lipinski definition) is 1. The molecular formula is C14H13BrF2N2O. The number of carbonyl (C=O) groups is 1. The summed E-state index contributed by atoms with van der Waals surface area (Å²) in [6, 6.07) is 8.53. The maximum Gasteiger partial charge on any atom is 0.272 e. The summed E-state index contributed by atoms with van der Waals surface area (Å²) in [5.41, 5.74) is 1.76. The molecule has 106 valence electrons. The highest BCUT2D eigenvalue weighted by molar-refractivity contribution is 9.10. The molecule has 1 aromatic heterocycles. The van der Waals surface area contributed by atoms with E-state index in [1.54, 1.807) is 18.2 Å². The molecule has 0 atom stereocenters. The van der Waals surface area contributed by atoms with Crippen LogP contribution in [0.4, 0.5) is 14.5 Å². The quantitative estimate of drug-likeness (QED) is 0.892. The molecule has 20 heavy (non-hydrogen) atoms.